The summed E-state index contributed by atoms with van der Waals surface area (Å²) < 4.78 is 13.2. The topological polar surface area (TPSA) is 238 Å². The molecule has 2 aliphatic heterocycles. The van der Waals surface area contributed by atoms with E-state index in [2.05, 4.69) is 62.6 Å². The Hall–Kier alpha value is -4.77. The first-order valence-electron chi connectivity index (χ1n) is 25.9. The number of primary amides is 1. The van der Waals surface area contributed by atoms with Crippen LogP contribution in [0.1, 0.15) is 154 Å². The molecule has 4 amide bonds. The van der Waals surface area contributed by atoms with Crippen LogP contribution in [0.15, 0.2) is 48.5 Å². The zero-order chi connectivity index (χ0) is 50.9. The molecule has 382 valence electrons. The lowest BCUT2D eigenvalue weighted by Crippen LogP contribution is -2.65. The molecule has 3 aliphatic carbocycles. The van der Waals surface area contributed by atoms with Gasteiger partial charge in [0, 0.05) is 49.6 Å². The average Bonchev–Trinajstić information content (AvgIpc) is 3.96. The normalized spacial score (nSPS) is 24.3. The molecule has 2 unspecified atom stereocenters. The third-order valence-electron chi connectivity index (χ3n) is 16.0. The Bertz CT molecular complexity index is 2180. The van der Waals surface area contributed by atoms with Crippen molar-refractivity contribution in [3.63, 3.8) is 0 Å². The first-order valence-corrected chi connectivity index (χ1v) is 25.9. The first kappa shape index (κ1) is 54.6. The summed E-state index contributed by atoms with van der Waals surface area (Å²) in [6.45, 7) is 12.4. The van der Waals surface area contributed by atoms with Gasteiger partial charge < -0.3 is 41.4 Å². The van der Waals surface area contributed by atoms with Crippen molar-refractivity contribution in [3.05, 3.63) is 59.7 Å². The fourth-order valence-corrected chi connectivity index (χ4v) is 11.5. The number of aliphatic hydroxyl groups is 1. The molecule has 16 heteroatoms. The van der Waals surface area contributed by atoms with Crippen LogP contribution in [0.2, 0.25) is 0 Å². The van der Waals surface area contributed by atoms with Crippen molar-refractivity contribution >= 4 is 48.1 Å². The van der Waals surface area contributed by atoms with Gasteiger partial charge in [-0.05, 0) is 112 Å². The number of aliphatic hydroxyl groups excluding tert-OH is 1. The van der Waals surface area contributed by atoms with E-state index in [0.29, 0.717) is 69.0 Å². The zero-order valence-corrected chi connectivity index (χ0v) is 42.3. The minimum Gasteiger partial charge on any atom is -0.404 e. The molecule has 2 saturated heterocycles. The molecule has 3 saturated carbocycles. The first-order chi connectivity index (χ1) is 33.3. The van der Waals surface area contributed by atoms with Crippen molar-refractivity contribution in [1.29, 1.82) is 0 Å². The number of nitrogens with two attached hydrogens (primary N) is 2. The fraction of sp³-hybridized carbons (Fsp3) is 0.648. The number of likely N-dealkylation sites (tertiary alicyclic amines) is 1. The van der Waals surface area contributed by atoms with Crippen LogP contribution in [0.5, 0.6) is 0 Å². The molecule has 5 aliphatic rings. The number of unbranched alkanes of at least 4 members (excludes halogenated alkanes) is 2. The number of nitrogens with zero attached hydrogens (tertiary/aromatic N) is 1. The molecule has 0 radical (unpaired) electrons. The predicted molar refractivity (Wildman–Crippen MR) is 268 cm³/mol. The number of amides is 4. The lowest BCUT2D eigenvalue weighted by molar-refractivity contribution is -0.199. The van der Waals surface area contributed by atoms with Gasteiger partial charge in [-0.15, -0.1) is 0 Å². The van der Waals surface area contributed by atoms with E-state index in [9.17, 15) is 38.7 Å². The van der Waals surface area contributed by atoms with Crippen LogP contribution in [-0.4, -0.2) is 107 Å². The minimum absolute atomic E-state index is 0.0826. The SMILES string of the molecule is CCCCc1ccc(-c2ccc(C(=O)CCCC(=O)C[C@@H](CCCCN)C(=O)N[C@H](C(=O)C[C@@H](C)C(=O)N[C@@H](CC(N)=O)C(=O)N3CCC[C@H]3B3OC4C[C@@H]5C[C@@H](C5(C)C)[C@]4(C)O3)C(C)O)cc2)cc1. The number of carbonyl (C=O) groups is 7. The third kappa shape index (κ3) is 13.0. The van der Waals surface area contributed by atoms with E-state index in [-0.39, 0.29) is 42.3 Å². The summed E-state index contributed by atoms with van der Waals surface area (Å²) in [4.78, 5) is 95.7. The summed E-state index contributed by atoms with van der Waals surface area (Å²) in [5, 5.41) is 16.0. The maximum Gasteiger partial charge on any atom is 0.481 e. The maximum absolute atomic E-state index is 14.2. The number of hydrogen-bond acceptors (Lipinski definition) is 11. The average molecular weight is 968 g/mol. The molecule has 2 bridgehead atoms. The molecule has 2 heterocycles. The van der Waals surface area contributed by atoms with Crippen LogP contribution in [0.25, 0.3) is 11.1 Å². The Labute approximate surface area is 414 Å². The van der Waals surface area contributed by atoms with Gasteiger partial charge in [0.2, 0.25) is 23.6 Å². The van der Waals surface area contributed by atoms with Gasteiger partial charge in [-0.25, -0.2) is 0 Å². The van der Waals surface area contributed by atoms with Gasteiger partial charge in [-0.2, -0.15) is 0 Å². The quantitative estimate of drug-likeness (QED) is 0.0406. The molecule has 2 aromatic rings. The zero-order valence-electron chi connectivity index (χ0n) is 42.3. The number of Topliss-reactive ketones (excluding diaryl/α,β-unsaturated/α-hetero) is 3. The molecule has 10 atom stereocenters. The van der Waals surface area contributed by atoms with E-state index in [1.54, 1.807) is 17.0 Å². The van der Waals surface area contributed by atoms with Crippen molar-refractivity contribution in [3.8, 4) is 11.1 Å². The predicted octanol–water partition coefficient (Wildman–Crippen LogP) is 5.83. The summed E-state index contributed by atoms with van der Waals surface area (Å²) in [5.74, 6) is -4.88. The van der Waals surface area contributed by atoms with Crippen molar-refractivity contribution in [2.75, 3.05) is 13.1 Å². The number of nitrogens with one attached hydrogen (secondary N) is 2. The summed E-state index contributed by atoms with van der Waals surface area (Å²) in [6.07, 6.45) is 6.20. The van der Waals surface area contributed by atoms with E-state index in [1.165, 1.54) is 19.4 Å². The summed E-state index contributed by atoms with van der Waals surface area (Å²) in [6, 6.07) is 13.2. The van der Waals surface area contributed by atoms with Crippen LogP contribution in [0.3, 0.4) is 0 Å². The molecule has 5 fully saturated rings. The molecular formula is C54H78BN5O10. The number of ketones is 3. The third-order valence-corrected chi connectivity index (χ3v) is 16.0. The van der Waals surface area contributed by atoms with Crippen molar-refractivity contribution in [1.82, 2.24) is 15.5 Å². The fourth-order valence-electron chi connectivity index (χ4n) is 11.5. The number of carbonyl (C=O) groups excluding carboxylic acids is 7. The van der Waals surface area contributed by atoms with E-state index >= 15 is 0 Å². The molecule has 7 rings (SSSR count). The Kier molecular flexibility index (Phi) is 18.8. The number of aryl methyl sites for hydroxylation is 1. The van der Waals surface area contributed by atoms with Crippen LogP contribution in [0.4, 0.5) is 0 Å². The van der Waals surface area contributed by atoms with E-state index < -0.39 is 90.9 Å². The molecule has 15 nitrogen and oxygen atoms in total. The lowest BCUT2D eigenvalue weighted by atomic mass is 9.43. The number of rotatable bonds is 27. The van der Waals surface area contributed by atoms with Gasteiger partial charge in [0.25, 0.3) is 0 Å². The van der Waals surface area contributed by atoms with E-state index in [4.69, 9.17) is 20.8 Å². The second-order valence-corrected chi connectivity index (χ2v) is 21.5. The monoisotopic (exact) mass is 968 g/mol. The van der Waals surface area contributed by atoms with E-state index in [1.807, 2.05) is 12.1 Å². The highest BCUT2D eigenvalue weighted by Crippen LogP contribution is 2.66. The largest absolute Gasteiger partial charge is 0.481 e. The van der Waals surface area contributed by atoms with Crippen LogP contribution >= 0.6 is 0 Å². The molecule has 0 aromatic heterocycles. The molecule has 70 heavy (non-hydrogen) atoms. The summed E-state index contributed by atoms with van der Waals surface area (Å²) >= 11 is 0. The molecule has 7 N–H and O–H groups in total. The Morgan fingerprint density at radius 3 is 2.17 bits per heavy atom. The second kappa shape index (κ2) is 24.1. The second-order valence-electron chi connectivity index (χ2n) is 21.5. The maximum atomic E-state index is 14.2. The lowest BCUT2D eigenvalue weighted by Gasteiger charge is -2.64. The van der Waals surface area contributed by atoms with Crippen LogP contribution < -0.4 is 22.1 Å². The van der Waals surface area contributed by atoms with Crippen LogP contribution in [-0.2, 0) is 44.5 Å². The van der Waals surface area contributed by atoms with Gasteiger partial charge in [-0.1, -0.05) is 89.1 Å². The van der Waals surface area contributed by atoms with Gasteiger partial charge >= 0.3 is 7.12 Å². The molecule has 2 aromatic carbocycles. The van der Waals surface area contributed by atoms with Gasteiger partial charge in [0.05, 0.1) is 30.2 Å². The van der Waals surface area contributed by atoms with Gasteiger partial charge in [0.15, 0.2) is 11.6 Å². The van der Waals surface area contributed by atoms with Gasteiger partial charge in [-0.3, -0.25) is 33.6 Å². The van der Waals surface area contributed by atoms with Crippen molar-refractivity contribution in [2.45, 2.75) is 180 Å². The smallest absolute Gasteiger partial charge is 0.404 e. The Morgan fingerprint density at radius 1 is 0.857 bits per heavy atom. The Balaban J connectivity index is 0.996. The number of benzene rings is 2. The molecular weight excluding hydrogens is 889 g/mol. The standard InChI is InChI=1S/C54H78BN5O10/c1-7-8-13-35-18-20-36(21-19-35)37-22-24-38(25-23-37)43(63)16-11-15-41(62)29-39(14-9-10-26-56)51(67)59-49(34(3)61)44(64)28-33(2)50(66)58-42(32-48(57)65)52(68)60-27-12-17-47(60)55-69-46-31-40-30-45(53(40,4)5)54(46,6)70-55/h18-25,33-34,39-40,42,45-47,49,61H,7-17,26-32,56H2,1-6H3,(H2,57,65)(H,58,66)(H,59,67)/t33-,34?,39-,40+,42+,45+,46?,47+,49+,54+/m1/s1. The number of hydrogen-bond donors (Lipinski definition) is 5. The van der Waals surface area contributed by atoms with Crippen LogP contribution in [0, 0.1) is 29.1 Å². The van der Waals surface area contributed by atoms with Crippen molar-refractivity contribution < 1.29 is 48.0 Å². The summed E-state index contributed by atoms with van der Waals surface area (Å²) in [7, 11) is -0.654. The molecule has 0 spiro atoms. The van der Waals surface area contributed by atoms with Crippen molar-refractivity contribution in [2.24, 2.45) is 40.6 Å². The minimum atomic E-state index is -1.40. The highest BCUT2D eigenvalue weighted by Gasteiger charge is 2.69. The highest BCUT2D eigenvalue weighted by molar-refractivity contribution is 6.48. The Morgan fingerprint density at radius 2 is 1.54 bits per heavy atom. The highest BCUT2D eigenvalue weighted by atomic mass is 16.7. The summed E-state index contributed by atoms with van der Waals surface area (Å²) in [5.41, 5.74) is 14.9. The van der Waals surface area contributed by atoms with E-state index in [0.717, 1.165) is 43.2 Å². The van der Waals surface area contributed by atoms with Gasteiger partial charge in [0.1, 0.15) is 17.9 Å².